The standard InChI is InChI=1S/C13H21F3/c1-9-5-6-11(7-9)10-3-2-4-12(8-10)13(14,15)16/h9-12H,2-8H2,1H3. The molecule has 3 heteroatoms. The fourth-order valence-corrected chi connectivity index (χ4v) is 3.63. The Hall–Kier alpha value is -0.210. The van der Waals surface area contributed by atoms with E-state index in [1.807, 2.05) is 0 Å². The number of rotatable bonds is 1. The highest BCUT2D eigenvalue weighted by molar-refractivity contribution is 4.85. The number of hydrogen-bond acceptors (Lipinski definition) is 0. The molecule has 0 bridgehead atoms. The molecule has 94 valence electrons. The second-order valence-corrected chi connectivity index (χ2v) is 5.84. The summed E-state index contributed by atoms with van der Waals surface area (Å²) < 4.78 is 38.0. The molecule has 0 heterocycles. The normalized spacial score (nSPS) is 41.2. The molecule has 0 radical (unpaired) electrons. The van der Waals surface area contributed by atoms with Crippen molar-refractivity contribution in [3.8, 4) is 0 Å². The maximum atomic E-state index is 12.7. The third-order valence-electron chi connectivity index (χ3n) is 4.58. The first kappa shape index (κ1) is 12.3. The van der Waals surface area contributed by atoms with Crippen molar-refractivity contribution >= 4 is 0 Å². The maximum absolute atomic E-state index is 12.7. The molecule has 2 fully saturated rings. The van der Waals surface area contributed by atoms with Crippen LogP contribution < -0.4 is 0 Å². The second kappa shape index (κ2) is 4.58. The van der Waals surface area contributed by atoms with Crippen molar-refractivity contribution < 1.29 is 13.2 Å². The van der Waals surface area contributed by atoms with E-state index in [4.69, 9.17) is 0 Å². The van der Waals surface area contributed by atoms with Gasteiger partial charge in [-0.15, -0.1) is 0 Å². The molecular weight excluding hydrogens is 213 g/mol. The third-order valence-corrected chi connectivity index (χ3v) is 4.58. The maximum Gasteiger partial charge on any atom is 0.391 e. The topological polar surface area (TPSA) is 0 Å². The van der Waals surface area contributed by atoms with Gasteiger partial charge in [-0.1, -0.05) is 26.2 Å². The van der Waals surface area contributed by atoms with Crippen LogP contribution in [0.1, 0.15) is 51.9 Å². The highest BCUT2D eigenvalue weighted by atomic mass is 19.4. The SMILES string of the molecule is CC1CCC(C2CCCC(C(F)(F)F)C2)C1. The van der Waals surface area contributed by atoms with Gasteiger partial charge in [0.05, 0.1) is 5.92 Å². The van der Waals surface area contributed by atoms with Crippen LogP contribution in [-0.2, 0) is 0 Å². The molecule has 0 aromatic heterocycles. The smallest absolute Gasteiger partial charge is 0.171 e. The van der Waals surface area contributed by atoms with Crippen LogP contribution in [0.5, 0.6) is 0 Å². The molecule has 0 spiro atoms. The van der Waals surface area contributed by atoms with Crippen molar-refractivity contribution in [3.63, 3.8) is 0 Å². The predicted octanol–water partition coefficient (Wildman–Crippen LogP) is 4.79. The summed E-state index contributed by atoms with van der Waals surface area (Å²) >= 11 is 0. The Balaban J connectivity index is 1.92. The fourth-order valence-electron chi connectivity index (χ4n) is 3.63. The van der Waals surface area contributed by atoms with E-state index in [-0.39, 0.29) is 0 Å². The molecule has 0 amide bonds. The number of alkyl halides is 3. The van der Waals surface area contributed by atoms with Gasteiger partial charge < -0.3 is 0 Å². The molecule has 0 nitrogen and oxygen atoms in total. The Morgan fingerprint density at radius 1 is 0.875 bits per heavy atom. The zero-order valence-corrected chi connectivity index (χ0v) is 9.89. The van der Waals surface area contributed by atoms with Gasteiger partial charge in [-0.3, -0.25) is 0 Å². The Labute approximate surface area is 95.6 Å². The molecular formula is C13H21F3. The Morgan fingerprint density at radius 3 is 2.12 bits per heavy atom. The summed E-state index contributed by atoms with van der Waals surface area (Å²) in [6, 6.07) is 0. The lowest BCUT2D eigenvalue weighted by Crippen LogP contribution is -2.31. The molecule has 0 aliphatic heterocycles. The summed E-state index contributed by atoms with van der Waals surface area (Å²) in [5, 5.41) is 0. The minimum Gasteiger partial charge on any atom is -0.171 e. The summed E-state index contributed by atoms with van der Waals surface area (Å²) in [5.41, 5.74) is 0. The zero-order valence-electron chi connectivity index (χ0n) is 9.89. The first-order valence-electron chi connectivity index (χ1n) is 6.53. The monoisotopic (exact) mass is 234 g/mol. The second-order valence-electron chi connectivity index (χ2n) is 5.84. The van der Waals surface area contributed by atoms with Gasteiger partial charge >= 0.3 is 6.18 Å². The van der Waals surface area contributed by atoms with E-state index in [1.54, 1.807) is 0 Å². The zero-order chi connectivity index (χ0) is 11.8. The van der Waals surface area contributed by atoms with Crippen LogP contribution in [0.25, 0.3) is 0 Å². The highest BCUT2D eigenvalue weighted by Gasteiger charge is 2.44. The van der Waals surface area contributed by atoms with Gasteiger partial charge in [-0.2, -0.15) is 13.2 Å². The molecule has 2 rings (SSSR count). The molecule has 0 saturated heterocycles. The van der Waals surface area contributed by atoms with Crippen LogP contribution in [0.15, 0.2) is 0 Å². The van der Waals surface area contributed by atoms with Gasteiger partial charge in [0.1, 0.15) is 0 Å². The fraction of sp³-hybridized carbons (Fsp3) is 1.00. The van der Waals surface area contributed by atoms with Crippen LogP contribution in [0.4, 0.5) is 13.2 Å². The summed E-state index contributed by atoms with van der Waals surface area (Å²) in [7, 11) is 0. The average molecular weight is 234 g/mol. The molecule has 4 atom stereocenters. The summed E-state index contributed by atoms with van der Waals surface area (Å²) in [4.78, 5) is 0. The van der Waals surface area contributed by atoms with E-state index in [0.29, 0.717) is 24.7 Å². The minimum absolute atomic E-state index is 0.352. The number of hydrogen-bond donors (Lipinski definition) is 0. The van der Waals surface area contributed by atoms with Crippen LogP contribution in [0.3, 0.4) is 0 Å². The van der Waals surface area contributed by atoms with E-state index >= 15 is 0 Å². The summed E-state index contributed by atoms with van der Waals surface area (Å²) in [6.45, 7) is 2.23. The largest absolute Gasteiger partial charge is 0.391 e. The van der Waals surface area contributed by atoms with Gasteiger partial charge in [0.25, 0.3) is 0 Å². The third kappa shape index (κ3) is 2.72. The van der Waals surface area contributed by atoms with Gasteiger partial charge in [0.2, 0.25) is 0 Å². The van der Waals surface area contributed by atoms with Crippen molar-refractivity contribution in [2.24, 2.45) is 23.7 Å². The van der Waals surface area contributed by atoms with Gasteiger partial charge in [0.15, 0.2) is 0 Å². The van der Waals surface area contributed by atoms with Gasteiger partial charge in [-0.25, -0.2) is 0 Å². The first-order chi connectivity index (χ1) is 7.47. The Kier molecular flexibility index (Phi) is 3.50. The van der Waals surface area contributed by atoms with Crippen molar-refractivity contribution in [1.29, 1.82) is 0 Å². The van der Waals surface area contributed by atoms with Crippen molar-refractivity contribution in [1.82, 2.24) is 0 Å². The quantitative estimate of drug-likeness (QED) is 0.612. The lowest BCUT2D eigenvalue weighted by molar-refractivity contribution is -0.187. The molecule has 4 unspecified atom stereocenters. The molecule has 0 N–H and O–H groups in total. The van der Waals surface area contributed by atoms with E-state index in [9.17, 15) is 13.2 Å². The lowest BCUT2D eigenvalue weighted by Gasteiger charge is -2.34. The highest BCUT2D eigenvalue weighted by Crippen LogP contribution is 2.46. The van der Waals surface area contributed by atoms with Crippen LogP contribution in [0, 0.1) is 23.7 Å². The van der Waals surface area contributed by atoms with Crippen molar-refractivity contribution in [2.75, 3.05) is 0 Å². The molecule has 2 aliphatic carbocycles. The van der Waals surface area contributed by atoms with Crippen molar-refractivity contribution in [2.45, 2.75) is 58.0 Å². The molecule has 16 heavy (non-hydrogen) atoms. The molecule has 2 saturated carbocycles. The van der Waals surface area contributed by atoms with E-state index in [1.165, 1.54) is 6.42 Å². The minimum atomic E-state index is -3.96. The van der Waals surface area contributed by atoms with Gasteiger partial charge in [0, 0.05) is 0 Å². The van der Waals surface area contributed by atoms with E-state index in [0.717, 1.165) is 31.6 Å². The Bertz CT molecular complexity index is 234. The van der Waals surface area contributed by atoms with Gasteiger partial charge in [-0.05, 0) is 43.4 Å². The molecule has 0 aromatic rings. The average Bonchev–Trinajstić information content (AvgIpc) is 2.64. The van der Waals surface area contributed by atoms with E-state index in [2.05, 4.69) is 6.92 Å². The van der Waals surface area contributed by atoms with E-state index < -0.39 is 12.1 Å². The first-order valence-corrected chi connectivity index (χ1v) is 6.53. The summed E-state index contributed by atoms with van der Waals surface area (Å²) in [6.07, 6.45) is 2.17. The molecule has 0 aromatic carbocycles. The van der Waals surface area contributed by atoms with Crippen LogP contribution in [0.2, 0.25) is 0 Å². The van der Waals surface area contributed by atoms with Crippen LogP contribution in [-0.4, -0.2) is 6.18 Å². The summed E-state index contributed by atoms with van der Waals surface area (Å²) in [5.74, 6) is 0.656. The van der Waals surface area contributed by atoms with Crippen LogP contribution >= 0.6 is 0 Å². The predicted molar refractivity (Wildman–Crippen MR) is 58.0 cm³/mol. The molecule has 2 aliphatic rings. The van der Waals surface area contributed by atoms with Crippen molar-refractivity contribution in [3.05, 3.63) is 0 Å². The lowest BCUT2D eigenvalue weighted by atomic mass is 9.74. The number of halogens is 3. The Morgan fingerprint density at radius 2 is 1.56 bits per heavy atom.